The Morgan fingerprint density at radius 1 is 1.18 bits per heavy atom. The van der Waals surface area contributed by atoms with E-state index in [9.17, 15) is 4.39 Å². The number of hydrogen-bond donors (Lipinski definition) is 2. The number of hydrogen-bond acceptors (Lipinski definition) is 4. The SMILES string of the molecule is Fc1cc2c(c(N3CCNCC3)c1)OCCN2. The second-order valence-corrected chi connectivity index (χ2v) is 4.31. The van der Waals surface area contributed by atoms with Crippen LogP contribution in [0.5, 0.6) is 5.75 Å². The van der Waals surface area contributed by atoms with Gasteiger partial charge in [0.25, 0.3) is 0 Å². The number of piperazine rings is 1. The Kier molecular flexibility index (Phi) is 2.76. The third-order valence-corrected chi connectivity index (χ3v) is 3.16. The fourth-order valence-corrected chi connectivity index (χ4v) is 2.34. The number of ether oxygens (including phenoxy) is 1. The number of fused-ring (bicyclic) bond motifs is 1. The molecule has 0 spiro atoms. The third-order valence-electron chi connectivity index (χ3n) is 3.16. The highest BCUT2D eigenvalue weighted by Gasteiger charge is 2.21. The van der Waals surface area contributed by atoms with Crippen molar-refractivity contribution in [3.63, 3.8) is 0 Å². The number of nitrogens with zero attached hydrogens (tertiary/aromatic N) is 1. The van der Waals surface area contributed by atoms with Crippen LogP contribution in [-0.4, -0.2) is 39.3 Å². The summed E-state index contributed by atoms with van der Waals surface area (Å²) in [5.74, 6) is 0.579. The Morgan fingerprint density at radius 3 is 2.82 bits per heavy atom. The molecule has 1 saturated heterocycles. The molecule has 0 atom stereocenters. The largest absolute Gasteiger partial charge is 0.487 e. The summed E-state index contributed by atoms with van der Waals surface area (Å²) in [6.07, 6.45) is 0. The van der Waals surface area contributed by atoms with Gasteiger partial charge in [0.2, 0.25) is 0 Å². The van der Waals surface area contributed by atoms with E-state index in [2.05, 4.69) is 15.5 Å². The molecular formula is C12H16FN3O. The van der Waals surface area contributed by atoms with Gasteiger partial charge >= 0.3 is 0 Å². The molecule has 4 nitrogen and oxygen atoms in total. The summed E-state index contributed by atoms with van der Waals surface area (Å²) in [4.78, 5) is 2.17. The van der Waals surface area contributed by atoms with Gasteiger partial charge < -0.3 is 20.3 Å². The predicted molar refractivity (Wildman–Crippen MR) is 65.5 cm³/mol. The molecule has 0 saturated carbocycles. The van der Waals surface area contributed by atoms with Crippen LogP contribution in [0.25, 0.3) is 0 Å². The minimum atomic E-state index is -0.213. The first kappa shape index (κ1) is 10.7. The summed E-state index contributed by atoms with van der Waals surface area (Å²) in [5.41, 5.74) is 1.64. The summed E-state index contributed by atoms with van der Waals surface area (Å²) in [5, 5.41) is 6.46. The highest BCUT2D eigenvalue weighted by atomic mass is 19.1. The van der Waals surface area contributed by atoms with Crippen LogP contribution in [0.2, 0.25) is 0 Å². The van der Waals surface area contributed by atoms with Crippen molar-refractivity contribution in [1.82, 2.24) is 5.32 Å². The first-order chi connectivity index (χ1) is 8.34. The summed E-state index contributed by atoms with van der Waals surface area (Å²) < 4.78 is 19.2. The van der Waals surface area contributed by atoms with Crippen LogP contribution in [0.1, 0.15) is 0 Å². The summed E-state index contributed by atoms with van der Waals surface area (Å²) >= 11 is 0. The lowest BCUT2D eigenvalue weighted by Gasteiger charge is -2.32. The van der Waals surface area contributed by atoms with E-state index < -0.39 is 0 Å². The average Bonchev–Trinajstić information content (AvgIpc) is 2.39. The Hall–Kier alpha value is -1.49. The molecule has 0 unspecified atom stereocenters. The van der Waals surface area contributed by atoms with E-state index in [1.165, 1.54) is 6.07 Å². The Labute approximate surface area is 99.7 Å². The molecule has 2 heterocycles. The maximum atomic E-state index is 13.6. The van der Waals surface area contributed by atoms with Crippen LogP contribution in [-0.2, 0) is 0 Å². The molecule has 17 heavy (non-hydrogen) atoms. The number of benzene rings is 1. The maximum Gasteiger partial charge on any atom is 0.165 e. The summed E-state index contributed by atoms with van der Waals surface area (Å²) in [6.45, 7) is 5.01. The smallest absolute Gasteiger partial charge is 0.165 e. The van der Waals surface area contributed by atoms with Crippen LogP contribution in [0, 0.1) is 5.82 Å². The zero-order valence-corrected chi connectivity index (χ0v) is 9.63. The average molecular weight is 237 g/mol. The normalized spacial score (nSPS) is 19.2. The number of nitrogens with one attached hydrogen (secondary N) is 2. The Morgan fingerprint density at radius 2 is 2.00 bits per heavy atom. The first-order valence-electron chi connectivity index (χ1n) is 6.00. The third kappa shape index (κ3) is 2.02. The van der Waals surface area contributed by atoms with Gasteiger partial charge in [0.15, 0.2) is 5.75 Å². The monoisotopic (exact) mass is 237 g/mol. The molecule has 5 heteroatoms. The first-order valence-corrected chi connectivity index (χ1v) is 6.00. The molecule has 0 amide bonds. The topological polar surface area (TPSA) is 36.5 Å². The van der Waals surface area contributed by atoms with E-state index in [1.807, 2.05) is 0 Å². The molecule has 92 valence electrons. The van der Waals surface area contributed by atoms with E-state index >= 15 is 0 Å². The molecule has 2 aliphatic heterocycles. The highest BCUT2D eigenvalue weighted by molar-refractivity contribution is 5.73. The van der Waals surface area contributed by atoms with Gasteiger partial charge in [-0.2, -0.15) is 0 Å². The van der Waals surface area contributed by atoms with Crippen molar-refractivity contribution < 1.29 is 9.13 Å². The zero-order chi connectivity index (χ0) is 11.7. The number of anilines is 2. The van der Waals surface area contributed by atoms with Crippen molar-refractivity contribution in [3.8, 4) is 5.75 Å². The summed E-state index contributed by atoms with van der Waals surface area (Å²) in [7, 11) is 0. The van der Waals surface area contributed by atoms with E-state index in [0.717, 1.165) is 49.8 Å². The maximum absolute atomic E-state index is 13.6. The van der Waals surface area contributed by atoms with Crippen LogP contribution >= 0.6 is 0 Å². The molecule has 1 aromatic carbocycles. The Balaban J connectivity index is 1.98. The predicted octanol–water partition coefficient (Wildman–Crippen LogP) is 1.04. The van der Waals surface area contributed by atoms with Gasteiger partial charge in [-0.1, -0.05) is 0 Å². The Bertz CT molecular complexity index is 418. The number of rotatable bonds is 1. The van der Waals surface area contributed by atoms with Crippen molar-refractivity contribution >= 4 is 11.4 Å². The molecule has 0 bridgehead atoms. The van der Waals surface area contributed by atoms with Crippen molar-refractivity contribution in [1.29, 1.82) is 0 Å². The van der Waals surface area contributed by atoms with Crippen molar-refractivity contribution in [3.05, 3.63) is 17.9 Å². The van der Waals surface area contributed by atoms with Gasteiger partial charge in [0, 0.05) is 44.9 Å². The summed E-state index contributed by atoms with van der Waals surface area (Å²) in [6, 6.07) is 3.07. The molecule has 3 rings (SSSR count). The molecule has 0 radical (unpaired) electrons. The quantitative estimate of drug-likeness (QED) is 0.765. The fourth-order valence-electron chi connectivity index (χ4n) is 2.34. The van der Waals surface area contributed by atoms with E-state index in [1.54, 1.807) is 6.07 Å². The fraction of sp³-hybridized carbons (Fsp3) is 0.500. The second kappa shape index (κ2) is 4.41. The van der Waals surface area contributed by atoms with Crippen LogP contribution in [0.3, 0.4) is 0 Å². The van der Waals surface area contributed by atoms with Gasteiger partial charge in [-0.15, -0.1) is 0 Å². The zero-order valence-electron chi connectivity index (χ0n) is 9.63. The van der Waals surface area contributed by atoms with Gasteiger partial charge in [0.05, 0.1) is 11.4 Å². The molecule has 2 aliphatic rings. The molecule has 0 aliphatic carbocycles. The van der Waals surface area contributed by atoms with E-state index in [4.69, 9.17) is 4.74 Å². The molecule has 1 fully saturated rings. The van der Waals surface area contributed by atoms with Gasteiger partial charge in [0.1, 0.15) is 12.4 Å². The van der Waals surface area contributed by atoms with E-state index in [-0.39, 0.29) is 5.82 Å². The molecule has 1 aromatic rings. The highest BCUT2D eigenvalue weighted by Crippen LogP contribution is 2.38. The lowest BCUT2D eigenvalue weighted by molar-refractivity contribution is 0.322. The molecule has 0 aromatic heterocycles. The minimum Gasteiger partial charge on any atom is -0.487 e. The lowest BCUT2D eigenvalue weighted by atomic mass is 10.2. The van der Waals surface area contributed by atoms with Crippen LogP contribution < -0.4 is 20.3 Å². The molecular weight excluding hydrogens is 221 g/mol. The van der Waals surface area contributed by atoms with Crippen molar-refractivity contribution in [2.24, 2.45) is 0 Å². The van der Waals surface area contributed by atoms with Crippen LogP contribution in [0.15, 0.2) is 12.1 Å². The molecule has 2 N–H and O–H groups in total. The van der Waals surface area contributed by atoms with Crippen molar-refractivity contribution in [2.45, 2.75) is 0 Å². The van der Waals surface area contributed by atoms with Gasteiger partial charge in [-0.25, -0.2) is 4.39 Å². The minimum absolute atomic E-state index is 0.213. The van der Waals surface area contributed by atoms with E-state index in [0.29, 0.717) is 6.61 Å². The standard InChI is InChI=1S/C12H16FN3O/c13-9-7-10-12(17-6-3-15-10)11(8-9)16-4-1-14-2-5-16/h7-8,14-15H,1-6H2. The lowest BCUT2D eigenvalue weighted by Crippen LogP contribution is -2.43. The van der Waals surface area contributed by atoms with Crippen LogP contribution in [0.4, 0.5) is 15.8 Å². The second-order valence-electron chi connectivity index (χ2n) is 4.31. The number of halogens is 1. The van der Waals surface area contributed by atoms with Gasteiger partial charge in [-0.05, 0) is 0 Å². The van der Waals surface area contributed by atoms with Gasteiger partial charge in [-0.3, -0.25) is 0 Å². The van der Waals surface area contributed by atoms with Crippen molar-refractivity contribution in [2.75, 3.05) is 49.5 Å².